The van der Waals surface area contributed by atoms with Gasteiger partial charge in [0.15, 0.2) is 0 Å². The minimum Gasteiger partial charge on any atom is -0.337 e. The lowest BCUT2D eigenvalue weighted by atomic mass is 9.97. The maximum Gasteiger partial charge on any atom is 0.241 e. The Hall–Kier alpha value is -2.17. The molecule has 2 aromatic carbocycles. The number of carbonyl (C=O) groups is 1. The van der Waals surface area contributed by atoms with E-state index in [4.69, 9.17) is 0 Å². The standard InChI is InChI=1S/C20H23N3O/c1-14-6-8-16(9-7-14)18-12-19(22-21-18)20(24)23-11-10-15-4-2-3-5-17(15)13-23/h2-9,18-19,21-22H,10-13H2,1H3. The van der Waals surface area contributed by atoms with Gasteiger partial charge in [-0.25, -0.2) is 10.9 Å². The second kappa shape index (κ2) is 6.38. The van der Waals surface area contributed by atoms with Crippen LogP contribution in [-0.2, 0) is 17.8 Å². The van der Waals surface area contributed by atoms with E-state index in [1.165, 1.54) is 22.3 Å². The summed E-state index contributed by atoms with van der Waals surface area (Å²) < 4.78 is 0. The number of hydrogen-bond donors (Lipinski definition) is 2. The Morgan fingerprint density at radius 2 is 1.79 bits per heavy atom. The van der Waals surface area contributed by atoms with Gasteiger partial charge < -0.3 is 4.90 Å². The SMILES string of the molecule is Cc1ccc(C2CC(C(=O)N3CCc4ccccc4C3)NN2)cc1. The molecule has 2 N–H and O–H groups in total. The molecule has 0 spiro atoms. The zero-order valence-electron chi connectivity index (χ0n) is 14.0. The molecule has 0 aliphatic carbocycles. The van der Waals surface area contributed by atoms with Crippen LogP contribution in [0.2, 0.25) is 0 Å². The minimum absolute atomic E-state index is 0.151. The lowest BCUT2D eigenvalue weighted by molar-refractivity contribution is -0.134. The lowest BCUT2D eigenvalue weighted by Crippen LogP contribution is -2.47. The maximum absolute atomic E-state index is 12.9. The van der Waals surface area contributed by atoms with Gasteiger partial charge in [-0.3, -0.25) is 4.79 Å². The predicted octanol–water partition coefficient (Wildman–Crippen LogP) is 2.49. The van der Waals surface area contributed by atoms with Crippen molar-refractivity contribution in [1.82, 2.24) is 15.8 Å². The Morgan fingerprint density at radius 3 is 2.58 bits per heavy atom. The predicted molar refractivity (Wildman–Crippen MR) is 94.2 cm³/mol. The second-order valence-corrected chi connectivity index (χ2v) is 6.82. The summed E-state index contributed by atoms with van der Waals surface area (Å²) in [7, 11) is 0. The first kappa shape index (κ1) is 15.4. The van der Waals surface area contributed by atoms with Crippen molar-refractivity contribution in [3.63, 3.8) is 0 Å². The van der Waals surface area contributed by atoms with Crippen molar-refractivity contribution in [2.45, 2.75) is 38.4 Å². The summed E-state index contributed by atoms with van der Waals surface area (Å²) >= 11 is 0. The van der Waals surface area contributed by atoms with Crippen LogP contribution in [0.1, 0.15) is 34.7 Å². The number of carbonyl (C=O) groups excluding carboxylic acids is 1. The summed E-state index contributed by atoms with van der Waals surface area (Å²) in [6.07, 6.45) is 1.74. The van der Waals surface area contributed by atoms with E-state index in [9.17, 15) is 4.79 Å². The molecule has 0 radical (unpaired) electrons. The van der Waals surface area contributed by atoms with Crippen LogP contribution in [0.5, 0.6) is 0 Å². The number of nitrogens with zero attached hydrogens (tertiary/aromatic N) is 1. The Morgan fingerprint density at radius 1 is 1.04 bits per heavy atom. The number of hydrazine groups is 1. The van der Waals surface area contributed by atoms with Gasteiger partial charge in [0, 0.05) is 19.1 Å². The Balaban J connectivity index is 1.42. The van der Waals surface area contributed by atoms with Gasteiger partial charge in [-0.1, -0.05) is 54.1 Å². The van der Waals surface area contributed by atoms with Crippen molar-refractivity contribution >= 4 is 5.91 Å². The molecule has 4 nitrogen and oxygen atoms in total. The highest BCUT2D eigenvalue weighted by atomic mass is 16.2. The molecule has 1 amide bonds. The third-order valence-electron chi connectivity index (χ3n) is 5.12. The van der Waals surface area contributed by atoms with Crippen molar-refractivity contribution in [2.75, 3.05) is 6.54 Å². The average molecular weight is 321 g/mol. The molecule has 1 fully saturated rings. The van der Waals surface area contributed by atoms with Crippen molar-refractivity contribution < 1.29 is 4.79 Å². The van der Waals surface area contributed by atoms with Crippen LogP contribution in [0.3, 0.4) is 0 Å². The van der Waals surface area contributed by atoms with Crippen LogP contribution < -0.4 is 10.9 Å². The van der Waals surface area contributed by atoms with Crippen LogP contribution in [0.25, 0.3) is 0 Å². The smallest absolute Gasteiger partial charge is 0.241 e. The molecule has 2 heterocycles. The van der Waals surface area contributed by atoms with Crippen molar-refractivity contribution in [3.05, 3.63) is 70.8 Å². The van der Waals surface area contributed by atoms with E-state index in [-0.39, 0.29) is 18.0 Å². The first-order valence-corrected chi connectivity index (χ1v) is 8.64. The van der Waals surface area contributed by atoms with Gasteiger partial charge in [0.05, 0.1) is 0 Å². The van der Waals surface area contributed by atoms with Crippen molar-refractivity contribution in [3.8, 4) is 0 Å². The molecule has 4 heteroatoms. The summed E-state index contributed by atoms with van der Waals surface area (Å²) in [6, 6.07) is 17.0. The normalized spacial score (nSPS) is 23.1. The van der Waals surface area contributed by atoms with Crippen molar-refractivity contribution in [2.24, 2.45) is 0 Å². The van der Waals surface area contributed by atoms with Gasteiger partial charge in [0.25, 0.3) is 0 Å². The number of fused-ring (bicyclic) bond motifs is 1. The Bertz CT molecular complexity index is 741. The number of amides is 1. The van der Waals surface area contributed by atoms with Gasteiger partial charge >= 0.3 is 0 Å². The van der Waals surface area contributed by atoms with E-state index < -0.39 is 0 Å². The zero-order chi connectivity index (χ0) is 16.5. The highest BCUT2D eigenvalue weighted by molar-refractivity contribution is 5.82. The summed E-state index contributed by atoms with van der Waals surface area (Å²) in [5.74, 6) is 0.201. The molecule has 2 unspecified atom stereocenters. The van der Waals surface area contributed by atoms with E-state index in [0.717, 1.165) is 25.9 Å². The van der Waals surface area contributed by atoms with E-state index in [2.05, 4.69) is 66.3 Å². The van der Waals surface area contributed by atoms with Crippen LogP contribution in [0, 0.1) is 6.92 Å². The zero-order valence-corrected chi connectivity index (χ0v) is 14.0. The summed E-state index contributed by atoms with van der Waals surface area (Å²) in [4.78, 5) is 14.8. The average Bonchev–Trinajstić information content (AvgIpc) is 3.11. The van der Waals surface area contributed by atoms with Gasteiger partial charge in [0.1, 0.15) is 6.04 Å². The molecule has 2 atom stereocenters. The third-order valence-corrected chi connectivity index (χ3v) is 5.12. The van der Waals surface area contributed by atoms with E-state index in [1.807, 2.05) is 4.90 Å². The number of hydrogen-bond acceptors (Lipinski definition) is 3. The maximum atomic E-state index is 12.9. The van der Waals surface area contributed by atoms with Gasteiger partial charge in [-0.2, -0.15) is 0 Å². The number of aryl methyl sites for hydroxylation is 1. The fourth-order valence-corrected chi connectivity index (χ4v) is 3.64. The van der Waals surface area contributed by atoms with Gasteiger partial charge in [-0.05, 0) is 36.5 Å². The Kier molecular flexibility index (Phi) is 4.08. The number of rotatable bonds is 2. The molecular formula is C20H23N3O. The summed E-state index contributed by atoms with van der Waals surface area (Å²) in [6.45, 7) is 3.62. The molecule has 2 aliphatic heterocycles. The van der Waals surface area contributed by atoms with Crippen LogP contribution in [0.4, 0.5) is 0 Å². The molecule has 124 valence electrons. The highest BCUT2D eigenvalue weighted by Crippen LogP contribution is 2.25. The first-order valence-electron chi connectivity index (χ1n) is 8.64. The summed E-state index contributed by atoms with van der Waals surface area (Å²) in [5.41, 5.74) is 11.6. The monoisotopic (exact) mass is 321 g/mol. The minimum atomic E-state index is -0.151. The molecule has 0 aromatic heterocycles. The van der Waals surface area contributed by atoms with Gasteiger partial charge in [-0.15, -0.1) is 0 Å². The van der Waals surface area contributed by atoms with Gasteiger partial charge in [0.2, 0.25) is 5.91 Å². The fraction of sp³-hybridized carbons (Fsp3) is 0.350. The second-order valence-electron chi connectivity index (χ2n) is 6.82. The molecule has 1 saturated heterocycles. The lowest BCUT2D eigenvalue weighted by Gasteiger charge is -2.30. The third kappa shape index (κ3) is 2.95. The highest BCUT2D eigenvalue weighted by Gasteiger charge is 2.33. The number of benzene rings is 2. The van der Waals surface area contributed by atoms with Crippen molar-refractivity contribution in [1.29, 1.82) is 0 Å². The molecule has 2 aliphatic rings. The van der Waals surface area contributed by atoms with Crippen LogP contribution in [0.15, 0.2) is 48.5 Å². The molecule has 4 rings (SSSR count). The fourth-order valence-electron chi connectivity index (χ4n) is 3.64. The molecular weight excluding hydrogens is 298 g/mol. The topological polar surface area (TPSA) is 44.4 Å². The van der Waals surface area contributed by atoms with Crippen LogP contribution in [-0.4, -0.2) is 23.4 Å². The van der Waals surface area contributed by atoms with E-state index in [0.29, 0.717) is 0 Å². The first-order chi connectivity index (χ1) is 11.7. The van der Waals surface area contributed by atoms with E-state index in [1.54, 1.807) is 0 Å². The van der Waals surface area contributed by atoms with E-state index >= 15 is 0 Å². The Labute approximate surface area is 142 Å². The largest absolute Gasteiger partial charge is 0.337 e. The number of nitrogens with one attached hydrogen (secondary N) is 2. The molecule has 2 aromatic rings. The summed E-state index contributed by atoms with van der Waals surface area (Å²) in [5, 5.41) is 0. The molecule has 24 heavy (non-hydrogen) atoms. The molecule has 0 bridgehead atoms. The van der Waals surface area contributed by atoms with Crippen LogP contribution >= 0.6 is 0 Å². The quantitative estimate of drug-likeness (QED) is 0.893. The molecule has 0 saturated carbocycles.